The van der Waals surface area contributed by atoms with Gasteiger partial charge in [0.15, 0.2) is 0 Å². The molecule has 2 aromatic carbocycles. The second-order valence-corrected chi connectivity index (χ2v) is 7.39. The average molecular weight is 381 g/mol. The van der Waals surface area contributed by atoms with Gasteiger partial charge in [-0.15, -0.1) is 0 Å². The standard InChI is InChI=1S/C24H32N2O2/c1-3-5-6-7-12-18-28-22-16-11-9-14-20(22)23-25-21-15-10-8-13-19(21)24(27)26(23)17-4-2/h8-11,13-16,23,25H,3-7,12,17-18H2,1-2H3. The topological polar surface area (TPSA) is 41.6 Å². The Morgan fingerprint density at radius 2 is 1.68 bits per heavy atom. The molecule has 0 fully saturated rings. The summed E-state index contributed by atoms with van der Waals surface area (Å²) >= 11 is 0. The summed E-state index contributed by atoms with van der Waals surface area (Å²) in [4.78, 5) is 15.0. The van der Waals surface area contributed by atoms with E-state index in [0.717, 1.165) is 35.4 Å². The molecular formula is C24H32N2O2. The number of fused-ring (bicyclic) bond motifs is 1. The van der Waals surface area contributed by atoms with Gasteiger partial charge in [-0.3, -0.25) is 4.79 Å². The van der Waals surface area contributed by atoms with Crippen LogP contribution in [0.3, 0.4) is 0 Å². The normalized spacial score (nSPS) is 15.9. The number of hydrogen-bond donors (Lipinski definition) is 1. The minimum atomic E-state index is -0.210. The largest absolute Gasteiger partial charge is 0.493 e. The lowest BCUT2D eigenvalue weighted by Crippen LogP contribution is -2.43. The Morgan fingerprint density at radius 1 is 0.929 bits per heavy atom. The molecular weight excluding hydrogens is 348 g/mol. The molecule has 0 spiro atoms. The smallest absolute Gasteiger partial charge is 0.257 e. The zero-order valence-corrected chi connectivity index (χ0v) is 17.1. The maximum absolute atomic E-state index is 13.1. The lowest BCUT2D eigenvalue weighted by atomic mass is 10.0. The van der Waals surface area contributed by atoms with Crippen molar-refractivity contribution < 1.29 is 9.53 Å². The fraction of sp³-hybridized carbons (Fsp3) is 0.458. The molecule has 1 N–H and O–H groups in total. The lowest BCUT2D eigenvalue weighted by Gasteiger charge is -2.38. The van der Waals surface area contributed by atoms with E-state index in [2.05, 4.69) is 25.2 Å². The lowest BCUT2D eigenvalue weighted by molar-refractivity contribution is 0.0680. The Balaban J connectivity index is 1.78. The second kappa shape index (κ2) is 10.2. The molecule has 1 unspecified atom stereocenters. The zero-order valence-electron chi connectivity index (χ0n) is 17.1. The van der Waals surface area contributed by atoms with Crippen LogP contribution in [0.1, 0.15) is 74.5 Å². The van der Waals surface area contributed by atoms with Crippen molar-refractivity contribution >= 4 is 11.6 Å². The maximum atomic E-state index is 13.1. The molecule has 0 aliphatic carbocycles. The highest BCUT2D eigenvalue weighted by Crippen LogP contribution is 2.36. The van der Waals surface area contributed by atoms with Crippen LogP contribution in [-0.4, -0.2) is 24.0 Å². The van der Waals surface area contributed by atoms with E-state index in [9.17, 15) is 4.79 Å². The number of hydrogen-bond acceptors (Lipinski definition) is 3. The number of carbonyl (C=O) groups is 1. The molecule has 150 valence electrons. The fourth-order valence-corrected chi connectivity index (χ4v) is 3.74. The van der Waals surface area contributed by atoms with Crippen molar-refractivity contribution in [1.29, 1.82) is 0 Å². The van der Waals surface area contributed by atoms with Gasteiger partial charge in [0.25, 0.3) is 5.91 Å². The van der Waals surface area contributed by atoms with Crippen LogP contribution >= 0.6 is 0 Å². The third kappa shape index (κ3) is 4.67. The highest BCUT2D eigenvalue weighted by Gasteiger charge is 2.33. The molecule has 1 amide bonds. The van der Waals surface area contributed by atoms with Crippen molar-refractivity contribution in [3.8, 4) is 5.75 Å². The van der Waals surface area contributed by atoms with Crippen molar-refractivity contribution in [2.24, 2.45) is 0 Å². The van der Waals surface area contributed by atoms with Crippen LogP contribution < -0.4 is 10.1 Å². The number of nitrogens with zero attached hydrogens (tertiary/aromatic N) is 1. The molecule has 3 rings (SSSR count). The fourth-order valence-electron chi connectivity index (χ4n) is 3.74. The van der Waals surface area contributed by atoms with Gasteiger partial charge in [-0.1, -0.05) is 69.9 Å². The Kier molecular flexibility index (Phi) is 7.35. The molecule has 0 saturated heterocycles. The third-order valence-electron chi connectivity index (χ3n) is 5.21. The van der Waals surface area contributed by atoms with Crippen LogP contribution in [0.15, 0.2) is 48.5 Å². The first-order valence-corrected chi connectivity index (χ1v) is 10.6. The minimum absolute atomic E-state index is 0.0792. The summed E-state index contributed by atoms with van der Waals surface area (Å²) in [6.45, 7) is 5.75. The van der Waals surface area contributed by atoms with Crippen molar-refractivity contribution in [2.75, 3.05) is 18.5 Å². The molecule has 1 atom stereocenters. The zero-order chi connectivity index (χ0) is 19.8. The summed E-state index contributed by atoms with van der Waals surface area (Å²) in [6, 6.07) is 15.8. The Hall–Kier alpha value is -2.49. The number of anilines is 1. The number of benzene rings is 2. The summed E-state index contributed by atoms with van der Waals surface area (Å²) in [6.07, 6.45) is 6.76. The van der Waals surface area contributed by atoms with Gasteiger partial charge in [-0.25, -0.2) is 0 Å². The van der Waals surface area contributed by atoms with E-state index in [-0.39, 0.29) is 12.1 Å². The third-order valence-corrected chi connectivity index (χ3v) is 5.21. The van der Waals surface area contributed by atoms with Crippen LogP contribution in [0.25, 0.3) is 0 Å². The summed E-state index contributed by atoms with van der Waals surface area (Å²) in [5.41, 5.74) is 2.65. The van der Waals surface area contributed by atoms with E-state index in [1.807, 2.05) is 47.4 Å². The van der Waals surface area contributed by atoms with Crippen LogP contribution in [0.5, 0.6) is 5.75 Å². The van der Waals surface area contributed by atoms with Gasteiger partial charge in [0.2, 0.25) is 0 Å². The van der Waals surface area contributed by atoms with Crippen LogP contribution in [-0.2, 0) is 0 Å². The molecule has 4 heteroatoms. The van der Waals surface area contributed by atoms with Gasteiger partial charge in [0.1, 0.15) is 11.9 Å². The second-order valence-electron chi connectivity index (χ2n) is 7.39. The highest BCUT2D eigenvalue weighted by atomic mass is 16.5. The van der Waals surface area contributed by atoms with Crippen LogP contribution in [0.2, 0.25) is 0 Å². The molecule has 0 aromatic heterocycles. The van der Waals surface area contributed by atoms with E-state index < -0.39 is 0 Å². The van der Waals surface area contributed by atoms with Crippen molar-refractivity contribution in [3.63, 3.8) is 0 Å². The Bertz CT molecular complexity index is 775. The number of amides is 1. The molecule has 0 saturated carbocycles. The van der Waals surface area contributed by atoms with Gasteiger partial charge in [0, 0.05) is 17.8 Å². The monoisotopic (exact) mass is 380 g/mol. The van der Waals surface area contributed by atoms with Gasteiger partial charge in [0.05, 0.1) is 12.2 Å². The van der Waals surface area contributed by atoms with E-state index in [0.29, 0.717) is 13.2 Å². The van der Waals surface area contributed by atoms with Gasteiger partial charge in [-0.05, 0) is 31.0 Å². The van der Waals surface area contributed by atoms with Crippen LogP contribution in [0.4, 0.5) is 5.69 Å². The molecule has 1 aliphatic heterocycles. The molecule has 28 heavy (non-hydrogen) atoms. The van der Waals surface area contributed by atoms with Crippen molar-refractivity contribution in [2.45, 2.75) is 58.5 Å². The van der Waals surface area contributed by atoms with Gasteiger partial charge in [-0.2, -0.15) is 0 Å². The predicted molar refractivity (Wildman–Crippen MR) is 115 cm³/mol. The molecule has 2 aromatic rings. The average Bonchev–Trinajstić information content (AvgIpc) is 2.73. The van der Waals surface area contributed by atoms with Gasteiger partial charge >= 0.3 is 0 Å². The molecule has 0 radical (unpaired) electrons. The molecule has 1 aliphatic rings. The number of rotatable bonds is 10. The van der Waals surface area contributed by atoms with Crippen molar-refractivity contribution in [3.05, 3.63) is 59.7 Å². The number of ether oxygens (including phenoxy) is 1. The molecule has 4 nitrogen and oxygen atoms in total. The first kappa shape index (κ1) is 20.2. The summed E-state index contributed by atoms with van der Waals surface area (Å²) in [5, 5.41) is 3.56. The Labute approximate surface area is 168 Å². The summed E-state index contributed by atoms with van der Waals surface area (Å²) < 4.78 is 6.14. The molecule has 0 bridgehead atoms. The highest BCUT2D eigenvalue weighted by molar-refractivity contribution is 6.01. The predicted octanol–water partition coefficient (Wildman–Crippen LogP) is 6.01. The Morgan fingerprint density at radius 3 is 2.50 bits per heavy atom. The number of nitrogens with one attached hydrogen (secondary N) is 1. The number of unbranched alkanes of at least 4 members (excludes halogenated alkanes) is 4. The molecule has 1 heterocycles. The first-order chi connectivity index (χ1) is 13.8. The number of carbonyl (C=O) groups excluding carboxylic acids is 1. The maximum Gasteiger partial charge on any atom is 0.257 e. The van der Waals surface area contributed by atoms with E-state index >= 15 is 0 Å². The van der Waals surface area contributed by atoms with E-state index in [1.54, 1.807) is 0 Å². The van der Waals surface area contributed by atoms with Crippen molar-refractivity contribution in [1.82, 2.24) is 4.90 Å². The SMILES string of the molecule is CCCCCCCOc1ccccc1C1Nc2ccccc2C(=O)N1CCC. The van der Waals surface area contributed by atoms with Gasteiger partial charge < -0.3 is 15.0 Å². The summed E-state index contributed by atoms with van der Waals surface area (Å²) in [7, 11) is 0. The minimum Gasteiger partial charge on any atom is -0.493 e. The quantitative estimate of drug-likeness (QED) is 0.513. The number of para-hydroxylation sites is 2. The first-order valence-electron chi connectivity index (χ1n) is 10.6. The van der Waals surface area contributed by atoms with Crippen LogP contribution in [0, 0.1) is 0 Å². The van der Waals surface area contributed by atoms with E-state index in [1.165, 1.54) is 25.7 Å². The summed E-state index contributed by atoms with van der Waals surface area (Å²) in [5.74, 6) is 0.944. The van der Waals surface area contributed by atoms with E-state index in [4.69, 9.17) is 4.74 Å².